The standard InChI is InChI=1S/C31H23Cl2NO/c1-20-6-17-26(18-7-20)34-29(22-8-13-24(32)14-9-22)28-19-12-21-4-2-3-5-27(21)30(28)35-31(34)23-10-15-25(33)16-11-23/h2-19,29,31H,1H3/t29-,31+/m1/s1. The second-order valence-electron chi connectivity index (χ2n) is 8.92. The van der Waals surface area contributed by atoms with E-state index in [2.05, 4.69) is 84.6 Å². The lowest BCUT2D eigenvalue weighted by Crippen LogP contribution is -2.40. The van der Waals surface area contributed by atoms with Crippen LogP contribution in [0, 0.1) is 6.92 Å². The number of aryl methyl sites for hydroxylation is 1. The molecule has 0 spiro atoms. The number of fused-ring (bicyclic) bond motifs is 3. The Kier molecular flexibility index (Phi) is 5.64. The van der Waals surface area contributed by atoms with Crippen LogP contribution in [0.3, 0.4) is 0 Å². The van der Waals surface area contributed by atoms with Gasteiger partial charge in [-0.05, 0) is 54.3 Å². The zero-order valence-corrected chi connectivity index (χ0v) is 20.7. The van der Waals surface area contributed by atoms with E-state index in [1.54, 1.807) is 0 Å². The molecule has 4 heteroatoms. The van der Waals surface area contributed by atoms with Gasteiger partial charge in [-0.25, -0.2) is 0 Å². The van der Waals surface area contributed by atoms with Crippen LogP contribution in [-0.2, 0) is 0 Å². The summed E-state index contributed by atoms with van der Waals surface area (Å²) in [4.78, 5) is 2.35. The summed E-state index contributed by atoms with van der Waals surface area (Å²) < 4.78 is 6.90. The second kappa shape index (κ2) is 8.96. The minimum atomic E-state index is -0.353. The Balaban J connectivity index is 1.64. The Morgan fingerprint density at radius 2 is 1.29 bits per heavy atom. The molecule has 1 aliphatic rings. The van der Waals surface area contributed by atoms with Gasteiger partial charge in [0, 0.05) is 32.2 Å². The molecule has 0 saturated carbocycles. The lowest BCUT2D eigenvalue weighted by Gasteiger charge is -2.45. The van der Waals surface area contributed by atoms with Crippen LogP contribution in [0.4, 0.5) is 5.69 Å². The van der Waals surface area contributed by atoms with Crippen molar-refractivity contribution in [3.8, 4) is 5.75 Å². The molecule has 2 atom stereocenters. The molecule has 0 unspecified atom stereocenters. The van der Waals surface area contributed by atoms with Crippen LogP contribution >= 0.6 is 23.2 Å². The highest BCUT2D eigenvalue weighted by Gasteiger charge is 2.38. The fourth-order valence-corrected chi connectivity index (χ4v) is 5.15. The monoisotopic (exact) mass is 495 g/mol. The quantitative estimate of drug-likeness (QED) is 0.247. The summed E-state index contributed by atoms with van der Waals surface area (Å²) in [6.07, 6.45) is -0.353. The first-order valence-electron chi connectivity index (χ1n) is 11.6. The molecule has 0 aliphatic carbocycles. The van der Waals surface area contributed by atoms with Gasteiger partial charge in [0.05, 0.1) is 6.04 Å². The van der Waals surface area contributed by atoms with Crippen LogP contribution in [0.25, 0.3) is 10.8 Å². The van der Waals surface area contributed by atoms with Crippen molar-refractivity contribution < 1.29 is 4.74 Å². The van der Waals surface area contributed by atoms with E-state index in [1.807, 2.05) is 36.4 Å². The largest absolute Gasteiger partial charge is 0.465 e. The lowest BCUT2D eigenvalue weighted by molar-refractivity contribution is 0.172. The highest BCUT2D eigenvalue weighted by molar-refractivity contribution is 6.30. The maximum absolute atomic E-state index is 6.90. The zero-order valence-electron chi connectivity index (χ0n) is 19.2. The smallest absolute Gasteiger partial charge is 0.199 e. The van der Waals surface area contributed by atoms with Crippen molar-refractivity contribution in [1.29, 1.82) is 0 Å². The van der Waals surface area contributed by atoms with Gasteiger partial charge in [0.15, 0.2) is 6.23 Å². The van der Waals surface area contributed by atoms with Crippen LogP contribution in [0.2, 0.25) is 10.0 Å². The Bertz CT molecular complexity index is 1490. The Labute approximate surface area is 215 Å². The number of halogens is 2. The molecule has 0 aromatic heterocycles. The van der Waals surface area contributed by atoms with Gasteiger partial charge < -0.3 is 9.64 Å². The van der Waals surface area contributed by atoms with Gasteiger partial charge in [-0.2, -0.15) is 0 Å². The zero-order chi connectivity index (χ0) is 23.9. The average Bonchev–Trinajstić information content (AvgIpc) is 2.89. The van der Waals surface area contributed by atoms with Crippen LogP contribution in [0.1, 0.15) is 34.5 Å². The van der Waals surface area contributed by atoms with E-state index >= 15 is 0 Å². The minimum absolute atomic E-state index is 0.0796. The van der Waals surface area contributed by atoms with E-state index in [-0.39, 0.29) is 12.3 Å². The molecule has 35 heavy (non-hydrogen) atoms. The van der Waals surface area contributed by atoms with Crippen molar-refractivity contribution in [3.63, 3.8) is 0 Å². The third-order valence-corrected chi connectivity index (χ3v) is 7.14. The van der Waals surface area contributed by atoms with Crippen molar-refractivity contribution in [2.75, 3.05) is 4.90 Å². The number of nitrogens with zero attached hydrogens (tertiary/aromatic N) is 1. The SMILES string of the molecule is Cc1ccc(N2[C@H](c3ccc(Cl)cc3)c3ccc4ccccc4c3O[C@H]2c2ccc(Cl)cc2)cc1. The van der Waals surface area contributed by atoms with Crippen LogP contribution in [-0.4, -0.2) is 0 Å². The van der Waals surface area contributed by atoms with E-state index in [0.29, 0.717) is 5.02 Å². The number of rotatable bonds is 3. The van der Waals surface area contributed by atoms with Gasteiger partial charge >= 0.3 is 0 Å². The maximum Gasteiger partial charge on any atom is 0.199 e. The molecule has 2 nitrogen and oxygen atoms in total. The molecule has 0 bridgehead atoms. The Morgan fingerprint density at radius 3 is 1.97 bits per heavy atom. The van der Waals surface area contributed by atoms with Crippen molar-refractivity contribution in [3.05, 3.63) is 141 Å². The Hall–Kier alpha value is -3.46. The summed E-state index contributed by atoms with van der Waals surface area (Å²) in [7, 11) is 0. The normalized spacial score (nSPS) is 17.2. The van der Waals surface area contributed by atoms with Crippen LogP contribution < -0.4 is 9.64 Å². The first-order valence-corrected chi connectivity index (χ1v) is 12.4. The summed E-state index contributed by atoms with van der Waals surface area (Å²) in [5.74, 6) is 0.909. The van der Waals surface area contributed by atoms with E-state index in [0.717, 1.165) is 43.9 Å². The molecular formula is C31H23Cl2NO. The molecule has 6 rings (SSSR count). The summed E-state index contributed by atoms with van der Waals surface area (Å²) in [5, 5.41) is 3.67. The van der Waals surface area contributed by atoms with E-state index in [1.165, 1.54) is 5.56 Å². The van der Waals surface area contributed by atoms with Gasteiger partial charge in [0.2, 0.25) is 0 Å². The number of anilines is 1. The predicted molar refractivity (Wildman–Crippen MR) is 146 cm³/mol. The molecule has 0 N–H and O–H groups in total. The van der Waals surface area contributed by atoms with Gasteiger partial charge in [0.1, 0.15) is 5.75 Å². The molecule has 5 aromatic rings. The molecule has 5 aromatic carbocycles. The van der Waals surface area contributed by atoms with E-state index < -0.39 is 0 Å². The number of hydrogen-bond acceptors (Lipinski definition) is 2. The van der Waals surface area contributed by atoms with E-state index in [9.17, 15) is 0 Å². The summed E-state index contributed by atoms with van der Waals surface area (Å²) in [6, 6.07) is 37.3. The van der Waals surface area contributed by atoms with E-state index in [4.69, 9.17) is 27.9 Å². The average molecular weight is 496 g/mol. The van der Waals surface area contributed by atoms with Crippen LogP contribution in [0.15, 0.2) is 109 Å². The predicted octanol–water partition coefficient (Wildman–Crippen LogP) is 9.14. The first kappa shape index (κ1) is 22.0. The van der Waals surface area contributed by atoms with Gasteiger partial charge in [-0.15, -0.1) is 0 Å². The lowest BCUT2D eigenvalue weighted by atomic mass is 9.90. The topological polar surface area (TPSA) is 12.5 Å². The molecule has 0 saturated heterocycles. The third-order valence-electron chi connectivity index (χ3n) is 6.64. The summed E-state index contributed by atoms with van der Waals surface area (Å²) in [5.41, 5.74) is 5.59. The molecular weight excluding hydrogens is 473 g/mol. The third kappa shape index (κ3) is 4.03. The van der Waals surface area contributed by atoms with Crippen molar-refractivity contribution >= 4 is 39.7 Å². The van der Waals surface area contributed by atoms with Gasteiger partial charge in [0.25, 0.3) is 0 Å². The summed E-state index contributed by atoms with van der Waals surface area (Å²) in [6.45, 7) is 2.10. The van der Waals surface area contributed by atoms with Crippen molar-refractivity contribution in [1.82, 2.24) is 0 Å². The minimum Gasteiger partial charge on any atom is -0.465 e. The maximum atomic E-state index is 6.90. The van der Waals surface area contributed by atoms with Gasteiger partial charge in [-0.3, -0.25) is 0 Å². The number of benzene rings is 5. The van der Waals surface area contributed by atoms with Crippen molar-refractivity contribution in [2.24, 2.45) is 0 Å². The number of hydrogen-bond donors (Lipinski definition) is 0. The van der Waals surface area contributed by atoms with Gasteiger partial charge in [-0.1, -0.05) is 102 Å². The first-order chi connectivity index (χ1) is 17.1. The highest BCUT2D eigenvalue weighted by Crippen LogP contribution is 2.50. The summed E-state index contributed by atoms with van der Waals surface area (Å²) >= 11 is 12.5. The fourth-order valence-electron chi connectivity index (χ4n) is 4.90. The molecule has 1 aliphatic heterocycles. The molecule has 172 valence electrons. The Morgan fingerprint density at radius 1 is 0.657 bits per heavy atom. The highest BCUT2D eigenvalue weighted by atomic mass is 35.5. The molecule has 0 fully saturated rings. The molecule has 1 heterocycles. The van der Waals surface area contributed by atoms with Crippen molar-refractivity contribution in [2.45, 2.75) is 19.2 Å². The number of ether oxygens (including phenoxy) is 1. The molecule has 0 amide bonds. The molecule has 0 radical (unpaired) electrons. The fraction of sp³-hybridized carbons (Fsp3) is 0.0968. The second-order valence-corrected chi connectivity index (χ2v) is 9.80. The van der Waals surface area contributed by atoms with Crippen LogP contribution in [0.5, 0.6) is 5.75 Å².